The van der Waals surface area contributed by atoms with E-state index in [9.17, 15) is 0 Å². The van der Waals surface area contributed by atoms with Crippen molar-refractivity contribution in [2.75, 3.05) is 0 Å². The second-order valence-electron chi connectivity index (χ2n) is 5.58. The van der Waals surface area contributed by atoms with Gasteiger partial charge < -0.3 is 4.74 Å². The third-order valence-corrected chi connectivity index (χ3v) is 5.23. The number of nitrogens with zero attached hydrogens (tertiary/aromatic N) is 1. The predicted molar refractivity (Wildman–Crippen MR) is 106 cm³/mol. The topological polar surface area (TPSA) is 22.1 Å². The molecule has 0 bridgehead atoms. The van der Waals surface area contributed by atoms with Crippen molar-refractivity contribution in [1.29, 1.82) is 0 Å². The Kier molecular flexibility index (Phi) is 4.62. The minimum Gasteiger partial charge on any atom is -0.489 e. The third kappa shape index (κ3) is 3.79. The first-order chi connectivity index (χ1) is 12.2. The molecule has 4 aromatic rings. The molecule has 3 aromatic carbocycles. The Morgan fingerprint density at radius 2 is 1.68 bits per heavy atom. The van der Waals surface area contributed by atoms with Crippen molar-refractivity contribution in [2.24, 2.45) is 0 Å². The molecular weight excluding hydrogens is 373 g/mol. The maximum atomic E-state index is 6.00. The highest BCUT2D eigenvalue weighted by atomic mass is 35.5. The molecule has 0 radical (unpaired) electrons. The van der Waals surface area contributed by atoms with Crippen LogP contribution in [0.3, 0.4) is 0 Å². The largest absolute Gasteiger partial charge is 0.489 e. The Bertz CT molecular complexity index is 991. The van der Waals surface area contributed by atoms with E-state index < -0.39 is 0 Å². The molecule has 0 aliphatic heterocycles. The summed E-state index contributed by atoms with van der Waals surface area (Å²) in [6.07, 6.45) is 0. The average Bonchev–Trinajstić information content (AvgIpc) is 3.04. The van der Waals surface area contributed by atoms with Crippen LogP contribution in [0.4, 0.5) is 0 Å². The van der Waals surface area contributed by atoms with E-state index in [-0.39, 0.29) is 0 Å². The number of thiazole rings is 1. The summed E-state index contributed by atoms with van der Waals surface area (Å²) in [6, 6.07) is 21.6. The summed E-state index contributed by atoms with van der Waals surface area (Å²) in [7, 11) is 0. The molecule has 0 N–H and O–H groups in total. The van der Waals surface area contributed by atoms with Gasteiger partial charge in [-0.25, -0.2) is 4.98 Å². The summed E-state index contributed by atoms with van der Waals surface area (Å²) in [4.78, 5) is 4.71. The number of fused-ring (bicyclic) bond motifs is 1. The lowest BCUT2D eigenvalue weighted by Gasteiger charge is -2.08. The molecular formula is C20H13Cl2NOS. The van der Waals surface area contributed by atoms with Crippen LogP contribution in [0.5, 0.6) is 5.75 Å². The van der Waals surface area contributed by atoms with Gasteiger partial charge in [-0.1, -0.05) is 53.5 Å². The highest BCUT2D eigenvalue weighted by molar-refractivity contribution is 7.21. The molecule has 1 heterocycles. The standard InChI is InChI=1S/C20H13Cl2NOS/c21-15-9-16(22)11-17(10-15)24-12-13-4-3-5-14(8-13)20-23-18-6-1-2-7-19(18)25-20/h1-11H,12H2. The Balaban J connectivity index is 1.56. The zero-order chi connectivity index (χ0) is 17.2. The number of hydrogen-bond acceptors (Lipinski definition) is 3. The van der Waals surface area contributed by atoms with Crippen LogP contribution in [0.15, 0.2) is 66.7 Å². The van der Waals surface area contributed by atoms with Crippen LogP contribution >= 0.6 is 34.5 Å². The van der Waals surface area contributed by atoms with E-state index in [4.69, 9.17) is 32.9 Å². The van der Waals surface area contributed by atoms with Gasteiger partial charge in [0.2, 0.25) is 0 Å². The van der Waals surface area contributed by atoms with Gasteiger partial charge in [0.15, 0.2) is 0 Å². The Labute approximate surface area is 159 Å². The molecule has 124 valence electrons. The van der Waals surface area contributed by atoms with Gasteiger partial charge in [0.05, 0.1) is 10.2 Å². The highest BCUT2D eigenvalue weighted by Crippen LogP contribution is 2.31. The van der Waals surface area contributed by atoms with E-state index in [2.05, 4.69) is 18.2 Å². The molecule has 0 atom stereocenters. The molecule has 0 fully saturated rings. The number of halogens is 2. The van der Waals surface area contributed by atoms with E-state index in [0.29, 0.717) is 22.4 Å². The normalized spacial score (nSPS) is 11.0. The maximum absolute atomic E-state index is 6.00. The summed E-state index contributed by atoms with van der Waals surface area (Å²) in [5, 5.41) is 2.13. The van der Waals surface area contributed by atoms with Gasteiger partial charge in [0, 0.05) is 15.6 Å². The first-order valence-electron chi connectivity index (χ1n) is 7.71. The van der Waals surface area contributed by atoms with Crippen molar-refractivity contribution in [2.45, 2.75) is 6.61 Å². The molecule has 25 heavy (non-hydrogen) atoms. The molecule has 1 aromatic heterocycles. The molecule has 0 unspecified atom stereocenters. The Hall–Kier alpha value is -2.07. The Morgan fingerprint density at radius 1 is 0.880 bits per heavy atom. The molecule has 0 aliphatic carbocycles. The lowest BCUT2D eigenvalue weighted by atomic mass is 10.1. The summed E-state index contributed by atoms with van der Waals surface area (Å²) in [5.74, 6) is 0.655. The zero-order valence-electron chi connectivity index (χ0n) is 13.1. The monoisotopic (exact) mass is 385 g/mol. The van der Waals surface area contributed by atoms with Crippen molar-refractivity contribution in [3.8, 4) is 16.3 Å². The van der Waals surface area contributed by atoms with Crippen LogP contribution < -0.4 is 4.74 Å². The summed E-state index contributed by atoms with van der Waals surface area (Å²) in [6.45, 7) is 0.440. The quantitative estimate of drug-likeness (QED) is 0.383. The predicted octanol–water partition coefficient (Wildman–Crippen LogP) is 6.85. The minimum atomic E-state index is 0.440. The van der Waals surface area contributed by atoms with Crippen LogP contribution in [0.2, 0.25) is 10.0 Å². The first kappa shape index (κ1) is 16.4. The van der Waals surface area contributed by atoms with E-state index >= 15 is 0 Å². The Morgan fingerprint density at radius 3 is 2.48 bits per heavy atom. The fourth-order valence-electron chi connectivity index (χ4n) is 2.57. The van der Waals surface area contributed by atoms with Gasteiger partial charge in [0.25, 0.3) is 0 Å². The maximum Gasteiger partial charge on any atom is 0.124 e. The van der Waals surface area contributed by atoms with Gasteiger partial charge in [0.1, 0.15) is 17.4 Å². The molecule has 0 saturated carbocycles. The minimum absolute atomic E-state index is 0.440. The van der Waals surface area contributed by atoms with Gasteiger partial charge in [-0.15, -0.1) is 11.3 Å². The SMILES string of the molecule is Clc1cc(Cl)cc(OCc2cccc(-c3nc4ccccc4s3)c2)c1. The molecule has 4 rings (SSSR count). The number of para-hydroxylation sites is 1. The van der Waals surface area contributed by atoms with Crippen LogP contribution in [-0.4, -0.2) is 4.98 Å². The fourth-order valence-corrected chi connectivity index (χ4v) is 4.04. The highest BCUT2D eigenvalue weighted by Gasteiger charge is 2.07. The van der Waals surface area contributed by atoms with Gasteiger partial charge in [-0.3, -0.25) is 0 Å². The number of aromatic nitrogens is 1. The van der Waals surface area contributed by atoms with Crippen LogP contribution in [0, 0.1) is 0 Å². The average molecular weight is 386 g/mol. The van der Waals surface area contributed by atoms with Gasteiger partial charge in [-0.05, 0) is 42.0 Å². The lowest BCUT2D eigenvalue weighted by molar-refractivity contribution is 0.306. The fraction of sp³-hybridized carbons (Fsp3) is 0.0500. The third-order valence-electron chi connectivity index (χ3n) is 3.71. The number of ether oxygens (including phenoxy) is 1. The van der Waals surface area contributed by atoms with Gasteiger partial charge in [-0.2, -0.15) is 0 Å². The van der Waals surface area contributed by atoms with E-state index in [0.717, 1.165) is 21.7 Å². The van der Waals surface area contributed by atoms with Gasteiger partial charge >= 0.3 is 0 Å². The summed E-state index contributed by atoms with van der Waals surface area (Å²) in [5.41, 5.74) is 3.18. The van der Waals surface area contributed by atoms with E-state index in [1.807, 2.05) is 30.3 Å². The van der Waals surface area contributed by atoms with E-state index in [1.54, 1.807) is 29.5 Å². The second-order valence-corrected chi connectivity index (χ2v) is 7.48. The van der Waals surface area contributed by atoms with Crippen molar-refractivity contribution in [3.05, 3.63) is 82.3 Å². The van der Waals surface area contributed by atoms with Crippen molar-refractivity contribution < 1.29 is 4.74 Å². The van der Waals surface area contributed by atoms with Crippen molar-refractivity contribution >= 4 is 44.8 Å². The number of hydrogen-bond donors (Lipinski definition) is 0. The van der Waals surface area contributed by atoms with Crippen molar-refractivity contribution in [1.82, 2.24) is 4.98 Å². The van der Waals surface area contributed by atoms with E-state index in [1.165, 1.54) is 4.70 Å². The summed E-state index contributed by atoms with van der Waals surface area (Å²) < 4.78 is 7.01. The van der Waals surface area contributed by atoms with Crippen molar-refractivity contribution in [3.63, 3.8) is 0 Å². The molecule has 0 spiro atoms. The molecule has 2 nitrogen and oxygen atoms in total. The molecule has 5 heteroatoms. The molecule has 0 aliphatic rings. The summed E-state index contributed by atoms with van der Waals surface area (Å²) >= 11 is 13.7. The number of rotatable bonds is 4. The van der Waals surface area contributed by atoms with Crippen LogP contribution in [-0.2, 0) is 6.61 Å². The smallest absolute Gasteiger partial charge is 0.124 e. The zero-order valence-corrected chi connectivity index (χ0v) is 15.4. The molecule has 0 amide bonds. The van der Waals surface area contributed by atoms with Crippen LogP contribution in [0.1, 0.15) is 5.56 Å². The van der Waals surface area contributed by atoms with Crippen LogP contribution in [0.25, 0.3) is 20.8 Å². The lowest BCUT2D eigenvalue weighted by Crippen LogP contribution is -1.95. The molecule has 0 saturated heterocycles. The number of benzene rings is 3. The first-order valence-corrected chi connectivity index (χ1v) is 9.28. The second kappa shape index (κ2) is 7.04.